The van der Waals surface area contributed by atoms with E-state index in [0.717, 1.165) is 5.69 Å². The van der Waals surface area contributed by atoms with Crippen molar-refractivity contribution >= 4 is 51.4 Å². The molecule has 2 heterocycles. The molecular weight excluding hydrogens is 364 g/mol. The molecule has 0 aliphatic rings. The van der Waals surface area contributed by atoms with Crippen LogP contribution >= 0.6 is 34.7 Å². The van der Waals surface area contributed by atoms with Crippen molar-refractivity contribution in [2.45, 2.75) is 17.8 Å². The lowest BCUT2D eigenvalue weighted by atomic mass is 10.3. The van der Waals surface area contributed by atoms with E-state index in [1.165, 1.54) is 30.0 Å². The molecule has 3 rings (SSSR count). The lowest BCUT2D eigenvalue weighted by Crippen LogP contribution is -2.22. The molecule has 0 aliphatic heterocycles. The lowest BCUT2D eigenvalue weighted by Gasteiger charge is -2.18. The minimum Gasteiger partial charge on any atom is -0.274 e. The number of hydrogen-bond donors (Lipinski definition) is 0. The van der Waals surface area contributed by atoms with Gasteiger partial charge in [-0.3, -0.25) is 9.69 Å². The van der Waals surface area contributed by atoms with E-state index in [1.54, 1.807) is 35.5 Å². The number of rotatable bonds is 5. The highest BCUT2D eigenvalue weighted by atomic mass is 35.5. The summed E-state index contributed by atoms with van der Waals surface area (Å²) >= 11 is 8.95. The first-order valence-corrected chi connectivity index (χ1v) is 9.28. The second-order valence-electron chi connectivity index (χ2n) is 4.78. The molecule has 5 nitrogen and oxygen atoms in total. The zero-order valence-electron chi connectivity index (χ0n) is 12.7. The third-order valence-electron chi connectivity index (χ3n) is 3.00. The molecule has 0 bridgehead atoms. The van der Waals surface area contributed by atoms with E-state index < -0.39 is 0 Å². The lowest BCUT2D eigenvalue weighted by molar-refractivity contribution is -0.115. The maximum atomic E-state index is 12.1. The van der Waals surface area contributed by atoms with Crippen LogP contribution in [-0.2, 0) is 10.5 Å². The van der Waals surface area contributed by atoms with Crippen LogP contribution in [0.25, 0.3) is 0 Å². The topological polar surface area (TPSA) is 59.0 Å². The summed E-state index contributed by atoms with van der Waals surface area (Å²) in [6, 6.07) is 8.94. The number of halogens is 1. The van der Waals surface area contributed by atoms with Crippen LogP contribution in [0.3, 0.4) is 0 Å². The van der Waals surface area contributed by atoms with Crippen molar-refractivity contribution in [1.82, 2.24) is 15.0 Å². The molecule has 0 fully saturated rings. The maximum Gasteiger partial charge on any atom is 0.230 e. The fraction of sp³-hybridized carbons (Fsp3) is 0.125. The molecule has 8 heteroatoms. The zero-order valence-corrected chi connectivity index (χ0v) is 15.1. The second-order valence-corrected chi connectivity index (χ2v) is 6.99. The van der Waals surface area contributed by atoms with Gasteiger partial charge in [0.2, 0.25) is 5.91 Å². The summed E-state index contributed by atoms with van der Waals surface area (Å²) in [5.74, 6) is 0.527. The number of thiazole rings is 1. The molecular formula is C16H13ClN4OS2. The third kappa shape index (κ3) is 4.11. The number of anilines is 2. The van der Waals surface area contributed by atoms with Gasteiger partial charge in [-0.05, 0) is 24.3 Å². The number of thioether (sulfide) groups is 1. The van der Waals surface area contributed by atoms with Crippen LogP contribution in [0.15, 0.2) is 53.3 Å². The van der Waals surface area contributed by atoms with Gasteiger partial charge < -0.3 is 0 Å². The molecule has 0 saturated heterocycles. The number of aromatic nitrogens is 3. The van der Waals surface area contributed by atoms with E-state index in [4.69, 9.17) is 11.6 Å². The van der Waals surface area contributed by atoms with E-state index >= 15 is 0 Å². The quantitative estimate of drug-likeness (QED) is 0.482. The summed E-state index contributed by atoms with van der Waals surface area (Å²) in [5, 5.41) is 3.83. The Morgan fingerprint density at radius 2 is 2.08 bits per heavy atom. The highest BCUT2D eigenvalue weighted by molar-refractivity contribution is 7.98. The largest absolute Gasteiger partial charge is 0.274 e. The first kappa shape index (κ1) is 16.9. The van der Waals surface area contributed by atoms with Crippen molar-refractivity contribution in [3.63, 3.8) is 0 Å². The summed E-state index contributed by atoms with van der Waals surface area (Å²) in [6.45, 7) is 1.51. The maximum absolute atomic E-state index is 12.1. The van der Waals surface area contributed by atoms with Crippen LogP contribution in [-0.4, -0.2) is 20.9 Å². The number of carbonyl (C=O) groups is 1. The molecule has 3 aromatic rings. The fourth-order valence-electron chi connectivity index (χ4n) is 2.01. The Kier molecular flexibility index (Phi) is 5.44. The minimum absolute atomic E-state index is 0.114. The molecule has 122 valence electrons. The van der Waals surface area contributed by atoms with Gasteiger partial charge in [0.1, 0.15) is 0 Å². The Hall–Kier alpha value is -1.96. The fourth-order valence-corrected chi connectivity index (χ4v) is 3.88. The number of nitrogens with zero attached hydrogens (tertiary/aromatic N) is 4. The zero-order chi connectivity index (χ0) is 16.9. The normalized spacial score (nSPS) is 10.6. The molecule has 0 unspecified atom stereocenters. The van der Waals surface area contributed by atoms with E-state index in [-0.39, 0.29) is 5.91 Å². The van der Waals surface area contributed by atoms with Gasteiger partial charge in [-0.15, -0.1) is 11.3 Å². The Morgan fingerprint density at radius 1 is 1.29 bits per heavy atom. The summed E-state index contributed by atoms with van der Waals surface area (Å²) in [7, 11) is 0. The van der Waals surface area contributed by atoms with Crippen LogP contribution in [0.1, 0.15) is 12.6 Å². The highest BCUT2D eigenvalue weighted by Crippen LogP contribution is 2.31. The Bertz CT molecular complexity index is 841. The molecule has 0 aliphatic carbocycles. The average Bonchev–Trinajstić information content (AvgIpc) is 3.02. The SMILES string of the molecule is CC(=O)N(c1cccc(Cl)c1)c1nc(CSc2ncccn2)cs1. The third-order valence-corrected chi connectivity index (χ3v) is 5.02. The first-order valence-electron chi connectivity index (χ1n) is 7.04. The molecule has 1 aromatic carbocycles. The van der Waals surface area contributed by atoms with Crippen molar-refractivity contribution in [3.05, 3.63) is 58.8 Å². The monoisotopic (exact) mass is 376 g/mol. The number of hydrogen-bond acceptors (Lipinski definition) is 6. The Balaban J connectivity index is 1.78. The van der Waals surface area contributed by atoms with Crippen LogP contribution < -0.4 is 4.90 Å². The van der Waals surface area contributed by atoms with Crippen LogP contribution in [0.4, 0.5) is 10.8 Å². The molecule has 0 saturated carbocycles. The average molecular weight is 377 g/mol. The predicted octanol–water partition coefficient (Wildman–Crippen LogP) is 4.56. The van der Waals surface area contributed by atoms with Crippen molar-refractivity contribution < 1.29 is 4.79 Å². The predicted molar refractivity (Wildman–Crippen MR) is 98.0 cm³/mol. The van der Waals surface area contributed by atoms with Gasteiger partial charge in [-0.2, -0.15) is 0 Å². The molecule has 0 atom stereocenters. The minimum atomic E-state index is -0.114. The van der Waals surface area contributed by atoms with Gasteiger partial charge in [0.15, 0.2) is 10.3 Å². The van der Waals surface area contributed by atoms with Crippen molar-refractivity contribution in [2.24, 2.45) is 0 Å². The second kappa shape index (κ2) is 7.74. The highest BCUT2D eigenvalue weighted by Gasteiger charge is 2.18. The van der Waals surface area contributed by atoms with E-state index in [1.807, 2.05) is 17.5 Å². The van der Waals surface area contributed by atoms with Crippen LogP contribution in [0, 0.1) is 0 Å². The van der Waals surface area contributed by atoms with Gasteiger partial charge >= 0.3 is 0 Å². The summed E-state index contributed by atoms with van der Waals surface area (Å²) in [4.78, 5) is 26.5. The molecule has 24 heavy (non-hydrogen) atoms. The van der Waals surface area contributed by atoms with Crippen molar-refractivity contribution in [2.75, 3.05) is 4.90 Å². The molecule has 0 N–H and O–H groups in total. The standard InChI is InChI=1S/C16H13ClN4OS2/c1-11(22)21(14-5-2-4-12(17)8-14)16-20-13(10-24-16)9-23-15-18-6-3-7-19-15/h2-8,10H,9H2,1H3. The summed E-state index contributed by atoms with van der Waals surface area (Å²) < 4.78 is 0. The molecule has 0 spiro atoms. The van der Waals surface area contributed by atoms with Gasteiger partial charge in [0.05, 0.1) is 11.4 Å². The van der Waals surface area contributed by atoms with Crippen LogP contribution in [0.5, 0.6) is 0 Å². The van der Waals surface area contributed by atoms with Gasteiger partial charge in [-0.25, -0.2) is 15.0 Å². The number of carbonyl (C=O) groups excluding carboxylic acids is 1. The summed E-state index contributed by atoms with van der Waals surface area (Å²) in [5.41, 5.74) is 1.58. The Morgan fingerprint density at radius 3 is 2.79 bits per heavy atom. The smallest absolute Gasteiger partial charge is 0.230 e. The van der Waals surface area contributed by atoms with E-state index in [2.05, 4.69) is 15.0 Å². The van der Waals surface area contributed by atoms with Gasteiger partial charge in [-0.1, -0.05) is 29.4 Å². The van der Waals surface area contributed by atoms with Crippen molar-refractivity contribution in [1.29, 1.82) is 0 Å². The number of amides is 1. The van der Waals surface area contributed by atoms with Gasteiger partial charge in [0, 0.05) is 35.5 Å². The van der Waals surface area contributed by atoms with E-state index in [9.17, 15) is 4.79 Å². The Labute approximate surface area is 152 Å². The van der Waals surface area contributed by atoms with Crippen LogP contribution in [0.2, 0.25) is 5.02 Å². The van der Waals surface area contributed by atoms with E-state index in [0.29, 0.717) is 26.8 Å². The molecule has 0 radical (unpaired) electrons. The molecule has 1 amide bonds. The van der Waals surface area contributed by atoms with Crippen molar-refractivity contribution in [3.8, 4) is 0 Å². The number of benzene rings is 1. The molecule has 2 aromatic heterocycles. The van der Waals surface area contributed by atoms with Gasteiger partial charge in [0.25, 0.3) is 0 Å². The first-order chi connectivity index (χ1) is 11.6. The summed E-state index contributed by atoms with van der Waals surface area (Å²) in [6.07, 6.45) is 3.41.